The zero-order valence-electron chi connectivity index (χ0n) is 34.5. The third kappa shape index (κ3) is 9.02. The summed E-state index contributed by atoms with van der Waals surface area (Å²) >= 11 is 0. The minimum absolute atomic E-state index is 0.000909. The maximum absolute atomic E-state index is 15.1. The van der Waals surface area contributed by atoms with E-state index in [0.29, 0.717) is 38.5 Å². The molecule has 2 saturated carbocycles. The Morgan fingerprint density at radius 3 is 2.36 bits per heavy atom. The molecular weight excluding hydrogens is 838 g/mol. The number of aromatic nitrogens is 1. The van der Waals surface area contributed by atoms with Crippen LogP contribution in [0.4, 0.5) is 26.7 Å². The number of pyridine rings is 1. The van der Waals surface area contributed by atoms with Crippen LogP contribution in [0.25, 0.3) is 10.8 Å². The van der Waals surface area contributed by atoms with Crippen LogP contribution < -0.4 is 29.6 Å². The normalized spacial score (nSPS) is 28.5. The molecule has 6 rings (SSSR count). The lowest BCUT2D eigenvalue weighted by molar-refractivity contribution is -0.244. The van der Waals surface area contributed by atoms with E-state index in [1.165, 1.54) is 26.5 Å². The number of hydrogen-bond donors (Lipinski definition) is 3. The smallest absolute Gasteiger partial charge is 0.427 e. The van der Waals surface area contributed by atoms with Crippen LogP contribution in [0.15, 0.2) is 30.5 Å². The first-order valence-electron chi connectivity index (χ1n) is 19.9. The van der Waals surface area contributed by atoms with Gasteiger partial charge in [-0.3, -0.25) is 19.1 Å². The molecule has 0 unspecified atom stereocenters. The molecule has 61 heavy (non-hydrogen) atoms. The van der Waals surface area contributed by atoms with Crippen molar-refractivity contribution in [3.05, 3.63) is 36.3 Å². The number of carbonyl (C=O) groups excluding carboxylic acids is 4. The van der Waals surface area contributed by atoms with E-state index in [-0.39, 0.29) is 60.9 Å². The number of nitrogens with zero attached hydrogens (tertiary/aromatic N) is 2. The molecule has 0 spiro atoms. The molecule has 3 heterocycles. The SMILES string of the molecule is COc1cc2c(OC)cnc(O[C@@H]3C[C@H]4C(=O)N[C@]5(C(=O)NS(=O)(=O)C6(CF)CC6)C[C@H]5/C=C\CC[C@@H](C)C[C@@H](C)[C@H](NC(=O)OC(C)(C)C(F)(F)F)C(=O)N4C3)c2cc1F. The summed E-state index contributed by atoms with van der Waals surface area (Å²) in [6.45, 7) is 3.21. The monoisotopic (exact) mass is 887 g/mol. The van der Waals surface area contributed by atoms with Crippen molar-refractivity contribution < 1.29 is 68.5 Å². The fourth-order valence-electron chi connectivity index (χ4n) is 7.96. The van der Waals surface area contributed by atoms with Crippen molar-refractivity contribution in [1.82, 2.24) is 25.2 Å². The fraction of sp³-hybridized carbons (Fsp3) is 0.625. The minimum atomic E-state index is -4.96. The number of alkyl carbamates (subject to hydrolysis) is 1. The van der Waals surface area contributed by atoms with Gasteiger partial charge in [0.15, 0.2) is 11.6 Å². The van der Waals surface area contributed by atoms with Gasteiger partial charge in [0.2, 0.25) is 33.3 Å². The Balaban J connectivity index is 1.38. The third-order valence-corrected chi connectivity index (χ3v) is 14.3. The highest BCUT2D eigenvalue weighted by molar-refractivity contribution is 7.91. The Morgan fingerprint density at radius 1 is 1.05 bits per heavy atom. The number of nitrogens with one attached hydrogen (secondary N) is 3. The highest BCUT2D eigenvalue weighted by Gasteiger charge is 2.64. The number of rotatable bonds is 10. The van der Waals surface area contributed by atoms with Crippen LogP contribution in [0.1, 0.15) is 72.6 Å². The van der Waals surface area contributed by atoms with E-state index in [4.69, 9.17) is 18.9 Å². The lowest BCUT2D eigenvalue weighted by Gasteiger charge is -2.34. The largest absolute Gasteiger partial charge is 0.494 e. The molecule has 1 saturated heterocycles. The molecule has 21 heteroatoms. The van der Waals surface area contributed by atoms with Crippen molar-refractivity contribution in [3.8, 4) is 17.4 Å². The molecule has 4 amide bonds. The predicted molar refractivity (Wildman–Crippen MR) is 208 cm³/mol. The van der Waals surface area contributed by atoms with E-state index in [1.807, 2.05) is 11.6 Å². The van der Waals surface area contributed by atoms with Crippen LogP contribution in [0, 0.1) is 23.6 Å². The summed E-state index contributed by atoms with van der Waals surface area (Å²) in [7, 11) is -1.85. The van der Waals surface area contributed by atoms with Crippen molar-refractivity contribution in [3.63, 3.8) is 0 Å². The maximum Gasteiger partial charge on any atom is 0.427 e. The number of methoxy groups -OCH3 is 2. The zero-order valence-corrected chi connectivity index (χ0v) is 35.3. The topological polar surface area (TPSA) is 192 Å². The summed E-state index contributed by atoms with van der Waals surface area (Å²) in [6, 6.07) is -0.544. The number of carbonyl (C=O) groups is 4. The quantitative estimate of drug-likeness (QED) is 0.215. The van der Waals surface area contributed by atoms with E-state index in [9.17, 15) is 45.2 Å². The van der Waals surface area contributed by atoms with Gasteiger partial charge in [0, 0.05) is 17.7 Å². The van der Waals surface area contributed by atoms with Crippen LogP contribution >= 0.6 is 0 Å². The molecule has 336 valence electrons. The number of alkyl halides is 4. The summed E-state index contributed by atoms with van der Waals surface area (Å²) in [5.74, 6) is -5.19. The molecule has 2 aromatic rings. The Hall–Kier alpha value is -4.95. The first-order chi connectivity index (χ1) is 28.5. The first kappa shape index (κ1) is 45.6. The molecule has 2 aliphatic carbocycles. The fourth-order valence-corrected chi connectivity index (χ4v) is 9.38. The average molecular weight is 888 g/mol. The lowest BCUT2D eigenvalue weighted by Crippen LogP contribution is -2.60. The van der Waals surface area contributed by atoms with Gasteiger partial charge in [0.05, 0.1) is 32.3 Å². The molecule has 2 aliphatic heterocycles. The van der Waals surface area contributed by atoms with E-state index >= 15 is 4.39 Å². The first-order valence-corrected chi connectivity index (χ1v) is 21.4. The molecule has 0 bridgehead atoms. The van der Waals surface area contributed by atoms with Gasteiger partial charge in [-0.15, -0.1) is 0 Å². The van der Waals surface area contributed by atoms with Crippen molar-refractivity contribution in [2.45, 2.75) is 113 Å². The second-order valence-corrected chi connectivity index (χ2v) is 19.1. The summed E-state index contributed by atoms with van der Waals surface area (Å²) in [4.78, 5) is 61.7. The summed E-state index contributed by atoms with van der Waals surface area (Å²) < 4.78 is 118. The summed E-state index contributed by atoms with van der Waals surface area (Å²) in [6.07, 6.45) is -1.83. The molecule has 4 aliphatic rings. The van der Waals surface area contributed by atoms with Crippen molar-refractivity contribution in [2.24, 2.45) is 17.8 Å². The second kappa shape index (κ2) is 16.7. The number of ether oxygens (including phenoxy) is 4. The second-order valence-electron chi connectivity index (χ2n) is 17.0. The van der Waals surface area contributed by atoms with Gasteiger partial charge in [-0.2, -0.15) is 13.2 Å². The number of benzene rings is 1. The van der Waals surface area contributed by atoms with Crippen molar-refractivity contribution in [2.75, 3.05) is 27.4 Å². The van der Waals surface area contributed by atoms with Crippen LogP contribution in [0.3, 0.4) is 0 Å². The number of hydrogen-bond acceptors (Lipinski definition) is 11. The number of amides is 4. The van der Waals surface area contributed by atoms with Crippen LogP contribution in [0.2, 0.25) is 0 Å². The van der Waals surface area contributed by atoms with Gasteiger partial charge >= 0.3 is 12.3 Å². The number of allylic oxidation sites excluding steroid dienone is 1. The van der Waals surface area contributed by atoms with Gasteiger partial charge in [-0.25, -0.2) is 27.0 Å². The molecule has 0 radical (unpaired) electrons. The van der Waals surface area contributed by atoms with E-state index in [1.54, 1.807) is 19.1 Å². The van der Waals surface area contributed by atoms with Crippen molar-refractivity contribution >= 4 is 44.6 Å². The van der Waals surface area contributed by atoms with Crippen LogP contribution in [-0.4, -0.2) is 110 Å². The highest BCUT2D eigenvalue weighted by Crippen LogP contribution is 2.48. The van der Waals surface area contributed by atoms with E-state index < -0.39 is 98.4 Å². The Bertz CT molecular complexity index is 2200. The summed E-state index contributed by atoms with van der Waals surface area (Å²) in [5, 5.41) is 5.47. The highest BCUT2D eigenvalue weighted by atomic mass is 32.2. The Kier molecular flexibility index (Phi) is 12.5. The van der Waals surface area contributed by atoms with Gasteiger partial charge in [-0.05, 0) is 76.3 Å². The van der Waals surface area contributed by atoms with E-state index in [2.05, 4.69) is 15.6 Å². The van der Waals surface area contributed by atoms with Crippen molar-refractivity contribution in [1.29, 1.82) is 0 Å². The predicted octanol–water partition coefficient (Wildman–Crippen LogP) is 5.01. The zero-order chi connectivity index (χ0) is 44.9. The van der Waals surface area contributed by atoms with Gasteiger partial charge < -0.3 is 34.5 Å². The van der Waals surface area contributed by atoms with Crippen LogP contribution in [-0.2, 0) is 29.1 Å². The molecule has 1 aromatic heterocycles. The van der Waals surface area contributed by atoms with Crippen LogP contribution in [0.5, 0.6) is 17.4 Å². The maximum atomic E-state index is 15.1. The van der Waals surface area contributed by atoms with Gasteiger partial charge in [0.25, 0.3) is 5.91 Å². The number of sulfonamides is 1. The van der Waals surface area contributed by atoms with Gasteiger partial charge in [-0.1, -0.05) is 26.0 Å². The molecule has 1 aromatic carbocycles. The number of fused-ring (bicyclic) bond motifs is 3. The third-order valence-electron chi connectivity index (χ3n) is 12.2. The molecule has 3 N–H and O–H groups in total. The summed E-state index contributed by atoms with van der Waals surface area (Å²) in [5.41, 5.74) is -4.77. The van der Waals surface area contributed by atoms with E-state index in [0.717, 1.165) is 11.0 Å². The Labute approximate surface area is 349 Å². The molecule has 7 atom stereocenters. The molecule has 15 nitrogen and oxygen atoms in total. The molecular formula is C40H50F5N5O10S. The standard InChI is InChI=1S/C40H50F5N5O10S/c1-21-9-7-8-10-23-17-39(23,35(53)49-61(55,56)38(20-41)11-12-38)48-32(51)28-14-24(59-33-26-15-27(42)29(57-5)16-25(26)30(58-6)18-46-33)19-50(28)34(52)31(22(2)13-21)47-36(54)60-37(3,4)40(43,44)45/h8,10,15-16,18,21-24,28,31H,7,9,11-14,17,19-20H2,1-6H3,(H,47,54)(H,48,51)(H,49,53)/b10-8-/t21-,22-,23-,24-,28+,31+,39-/m1/s1. The Morgan fingerprint density at radius 2 is 1.74 bits per heavy atom. The lowest BCUT2D eigenvalue weighted by atomic mass is 9.88. The minimum Gasteiger partial charge on any atom is -0.494 e. The average Bonchev–Trinajstić information content (AvgIpc) is 4.09. The molecule has 3 fully saturated rings. The van der Waals surface area contributed by atoms with Gasteiger partial charge in [0.1, 0.15) is 40.9 Å². The number of halogens is 5.